The quantitative estimate of drug-likeness (QED) is 0.406. The minimum absolute atomic E-state index is 0.0348. The highest BCUT2D eigenvalue weighted by Crippen LogP contribution is 2.37. The maximum absolute atomic E-state index is 13.4. The Labute approximate surface area is 231 Å². The van der Waals surface area contributed by atoms with E-state index >= 15 is 0 Å². The number of benzene rings is 2. The summed E-state index contributed by atoms with van der Waals surface area (Å²) in [6, 6.07) is 15.9. The Morgan fingerprint density at radius 3 is 2.65 bits per heavy atom. The van der Waals surface area contributed by atoms with Gasteiger partial charge in [0.2, 0.25) is 0 Å². The van der Waals surface area contributed by atoms with Gasteiger partial charge >= 0.3 is 6.18 Å². The Bertz CT molecular complexity index is 1300. The first-order valence-corrected chi connectivity index (χ1v) is 13.5. The highest BCUT2D eigenvalue weighted by atomic mass is 19.4. The largest absolute Gasteiger partial charge is 0.494 e. The number of hydrogen-bond donors (Lipinski definition) is 1. The fourth-order valence-corrected chi connectivity index (χ4v) is 5.33. The second-order valence-electron chi connectivity index (χ2n) is 10.1. The molecule has 8 nitrogen and oxygen atoms in total. The topological polar surface area (TPSA) is 76.2 Å². The van der Waals surface area contributed by atoms with Crippen molar-refractivity contribution in [3.63, 3.8) is 0 Å². The van der Waals surface area contributed by atoms with Crippen molar-refractivity contribution in [3.05, 3.63) is 65.9 Å². The van der Waals surface area contributed by atoms with Crippen molar-refractivity contribution in [2.45, 2.75) is 44.2 Å². The fraction of sp³-hybridized carbons (Fsp3) is 0.448. The van der Waals surface area contributed by atoms with Crippen LogP contribution in [0.15, 0.2) is 54.6 Å². The van der Waals surface area contributed by atoms with Crippen LogP contribution in [0.1, 0.15) is 30.5 Å². The van der Waals surface area contributed by atoms with Gasteiger partial charge in [0.15, 0.2) is 6.29 Å². The Morgan fingerprint density at radius 2 is 1.93 bits per heavy atom. The Morgan fingerprint density at radius 1 is 1.10 bits per heavy atom. The standard InChI is InChI=1S/C29H33F3N4O4/c1-38-24-12-11-23(22-10-13-25(29(30,31)32)33-28(22)24)36-15-14-35(21(18-36)17-20-7-3-2-4-8-20)19-26(37)34-40-27-9-5-6-16-39-27/h2-4,7-8,10-13,21,27H,5-6,9,14-19H2,1H3,(H,34,37). The first kappa shape index (κ1) is 28.1. The van der Waals surface area contributed by atoms with Crippen LogP contribution >= 0.6 is 0 Å². The lowest BCUT2D eigenvalue weighted by Gasteiger charge is -2.42. The maximum atomic E-state index is 13.4. The van der Waals surface area contributed by atoms with Crippen LogP contribution in [-0.2, 0) is 27.0 Å². The van der Waals surface area contributed by atoms with Crippen molar-refractivity contribution in [1.29, 1.82) is 0 Å². The van der Waals surface area contributed by atoms with Gasteiger partial charge in [-0.25, -0.2) is 15.3 Å². The molecule has 0 radical (unpaired) electrons. The van der Waals surface area contributed by atoms with E-state index in [1.807, 2.05) is 36.4 Å². The van der Waals surface area contributed by atoms with E-state index in [0.29, 0.717) is 38.0 Å². The Kier molecular flexibility index (Phi) is 8.72. The number of anilines is 1. The third-order valence-corrected chi connectivity index (χ3v) is 7.36. The van der Waals surface area contributed by atoms with Crippen molar-refractivity contribution < 1.29 is 32.3 Å². The fourth-order valence-electron chi connectivity index (χ4n) is 5.33. The summed E-state index contributed by atoms with van der Waals surface area (Å²) < 4.78 is 51.1. The average molecular weight is 559 g/mol. The smallest absolute Gasteiger partial charge is 0.433 e. The zero-order chi connectivity index (χ0) is 28.1. The summed E-state index contributed by atoms with van der Waals surface area (Å²) in [5, 5.41) is 0.581. The molecule has 2 fully saturated rings. The van der Waals surface area contributed by atoms with Gasteiger partial charge < -0.3 is 14.4 Å². The van der Waals surface area contributed by atoms with Gasteiger partial charge in [-0.15, -0.1) is 0 Å². The molecule has 0 saturated carbocycles. The number of halogens is 3. The van der Waals surface area contributed by atoms with Gasteiger partial charge in [-0.05, 0) is 49.1 Å². The van der Waals surface area contributed by atoms with E-state index in [-0.39, 0.29) is 29.8 Å². The zero-order valence-electron chi connectivity index (χ0n) is 22.3. The van der Waals surface area contributed by atoms with E-state index in [1.165, 1.54) is 13.2 Å². The summed E-state index contributed by atoms with van der Waals surface area (Å²) in [4.78, 5) is 26.5. The number of aromatic nitrogens is 1. The number of alkyl halides is 3. The number of ether oxygens (including phenoxy) is 2. The molecule has 1 aromatic heterocycles. The molecule has 2 saturated heterocycles. The number of nitrogens with zero attached hydrogens (tertiary/aromatic N) is 3. The lowest BCUT2D eigenvalue weighted by Crippen LogP contribution is -2.56. The van der Waals surface area contributed by atoms with E-state index in [9.17, 15) is 18.0 Å². The van der Waals surface area contributed by atoms with Crippen LogP contribution in [0.3, 0.4) is 0 Å². The zero-order valence-corrected chi connectivity index (χ0v) is 22.3. The van der Waals surface area contributed by atoms with Gasteiger partial charge in [-0.1, -0.05) is 30.3 Å². The van der Waals surface area contributed by atoms with Crippen LogP contribution in [0, 0.1) is 0 Å². The molecule has 40 heavy (non-hydrogen) atoms. The molecule has 0 spiro atoms. The lowest BCUT2D eigenvalue weighted by atomic mass is 10.0. The number of carbonyl (C=O) groups excluding carboxylic acids is 1. The maximum Gasteiger partial charge on any atom is 0.433 e. The molecular weight excluding hydrogens is 525 g/mol. The predicted octanol–water partition coefficient (Wildman–Crippen LogP) is 4.57. The molecule has 5 rings (SSSR count). The molecule has 0 aliphatic carbocycles. The Balaban J connectivity index is 1.36. The van der Waals surface area contributed by atoms with Crippen molar-refractivity contribution in [1.82, 2.24) is 15.4 Å². The van der Waals surface area contributed by atoms with Gasteiger partial charge in [-0.3, -0.25) is 9.69 Å². The van der Waals surface area contributed by atoms with E-state index < -0.39 is 18.2 Å². The number of carbonyl (C=O) groups is 1. The van der Waals surface area contributed by atoms with Crippen LogP contribution < -0.4 is 15.1 Å². The van der Waals surface area contributed by atoms with Gasteiger partial charge in [0, 0.05) is 49.8 Å². The number of pyridine rings is 1. The average Bonchev–Trinajstić information content (AvgIpc) is 2.97. The summed E-state index contributed by atoms with van der Waals surface area (Å²) in [5.41, 5.74) is 3.65. The molecule has 2 aliphatic heterocycles. The minimum Gasteiger partial charge on any atom is -0.494 e. The monoisotopic (exact) mass is 558 g/mol. The van der Waals surface area contributed by atoms with E-state index in [0.717, 1.165) is 36.6 Å². The predicted molar refractivity (Wildman–Crippen MR) is 144 cm³/mol. The third kappa shape index (κ3) is 6.65. The first-order chi connectivity index (χ1) is 19.3. The van der Waals surface area contributed by atoms with Crippen LogP contribution in [-0.4, -0.2) is 68.0 Å². The molecule has 2 atom stereocenters. The van der Waals surface area contributed by atoms with Crippen molar-refractivity contribution in [3.8, 4) is 5.75 Å². The summed E-state index contributed by atoms with van der Waals surface area (Å²) in [6.45, 7) is 2.49. The van der Waals surface area contributed by atoms with Crippen LogP contribution in [0.4, 0.5) is 18.9 Å². The number of amides is 1. The first-order valence-electron chi connectivity index (χ1n) is 13.5. The second-order valence-corrected chi connectivity index (χ2v) is 10.1. The number of nitrogens with one attached hydrogen (secondary N) is 1. The molecule has 0 bridgehead atoms. The number of methoxy groups -OCH3 is 1. The van der Waals surface area contributed by atoms with Crippen LogP contribution in [0.2, 0.25) is 0 Å². The van der Waals surface area contributed by atoms with Crippen LogP contribution in [0.5, 0.6) is 5.75 Å². The molecular formula is C29H33F3N4O4. The van der Waals surface area contributed by atoms with Crippen LogP contribution in [0.25, 0.3) is 10.9 Å². The van der Waals surface area contributed by atoms with Gasteiger partial charge in [0.05, 0.1) is 13.7 Å². The summed E-state index contributed by atoms with van der Waals surface area (Å²) in [6.07, 6.45) is -1.57. The number of fused-ring (bicyclic) bond motifs is 1. The highest BCUT2D eigenvalue weighted by Gasteiger charge is 2.34. The van der Waals surface area contributed by atoms with E-state index in [4.69, 9.17) is 14.3 Å². The number of hydrogen-bond acceptors (Lipinski definition) is 7. The second kappa shape index (κ2) is 12.4. The third-order valence-electron chi connectivity index (χ3n) is 7.36. The molecule has 2 aromatic carbocycles. The Hall–Kier alpha value is -3.41. The minimum atomic E-state index is -4.56. The number of hydroxylamine groups is 1. The van der Waals surface area contributed by atoms with Gasteiger partial charge in [0.1, 0.15) is 17.0 Å². The van der Waals surface area contributed by atoms with E-state index in [1.54, 1.807) is 6.07 Å². The van der Waals surface area contributed by atoms with Crippen molar-refractivity contribution >= 4 is 22.5 Å². The lowest BCUT2D eigenvalue weighted by molar-refractivity contribution is -0.201. The number of rotatable bonds is 8. The van der Waals surface area contributed by atoms with Gasteiger partial charge in [0.25, 0.3) is 5.91 Å². The summed E-state index contributed by atoms with van der Waals surface area (Å²) in [5.74, 6) is 0.0300. The summed E-state index contributed by atoms with van der Waals surface area (Å²) in [7, 11) is 1.42. The summed E-state index contributed by atoms with van der Waals surface area (Å²) >= 11 is 0. The van der Waals surface area contributed by atoms with Gasteiger partial charge in [-0.2, -0.15) is 13.2 Å². The highest BCUT2D eigenvalue weighted by molar-refractivity contribution is 5.96. The molecule has 1 amide bonds. The van der Waals surface area contributed by atoms with Crippen molar-refractivity contribution in [2.24, 2.45) is 0 Å². The number of piperazine rings is 1. The molecule has 3 aromatic rings. The SMILES string of the molecule is COc1ccc(N2CCN(CC(=O)NOC3CCCCO3)C(Cc3ccccc3)C2)c2ccc(C(F)(F)F)nc12. The van der Waals surface area contributed by atoms with Crippen molar-refractivity contribution in [2.75, 3.05) is 44.8 Å². The molecule has 2 aliphatic rings. The molecule has 1 N–H and O–H groups in total. The molecule has 2 unspecified atom stereocenters. The van der Waals surface area contributed by atoms with E-state index in [2.05, 4.69) is 20.3 Å². The molecule has 11 heteroatoms. The normalized spacial score (nSPS) is 20.4. The molecule has 214 valence electrons. The molecule has 3 heterocycles.